The number of aromatic nitrogens is 2. The summed E-state index contributed by atoms with van der Waals surface area (Å²) in [6.45, 7) is 6.70. The maximum Gasteiger partial charge on any atom is 0.225 e. The molecular formula is C27H34N6O. The van der Waals surface area contributed by atoms with Crippen molar-refractivity contribution in [2.45, 2.75) is 19.5 Å². The molecule has 178 valence electrons. The van der Waals surface area contributed by atoms with Gasteiger partial charge in [0.05, 0.1) is 12.8 Å². The van der Waals surface area contributed by atoms with E-state index in [2.05, 4.69) is 76.3 Å². The second-order valence-corrected chi connectivity index (χ2v) is 9.34. The second kappa shape index (κ2) is 9.89. The quantitative estimate of drug-likeness (QED) is 0.561. The van der Waals surface area contributed by atoms with Crippen molar-refractivity contribution in [1.82, 2.24) is 14.9 Å². The molecule has 2 aliphatic rings. The van der Waals surface area contributed by atoms with Crippen LogP contribution in [0.2, 0.25) is 0 Å². The Morgan fingerprint density at radius 1 is 0.882 bits per heavy atom. The van der Waals surface area contributed by atoms with Crippen LogP contribution in [-0.2, 0) is 19.5 Å². The average Bonchev–Trinajstić information content (AvgIpc) is 2.89. The number of nitrogens with zero attached hydrogens (tertiary/aromatic N) is 6. The van der Waals surface area contributed by atoms with Gasteiger partial charge in [-0.15, -0.1) is 0 Å². The molecule has 1 fully saturated rings. The summed E-state index contributed by atoms with van der Waals surface area (Å²) in [5, 5.41) is 0. The Morgan fingerprint density at radius 2 is 1.59 bits per heavy atom. The SMILES string of the molecule is COc1ccc(N2CCN(c3ncc4c(n3)CCN(Cc3ccc(N(C)C)cc3)C4)CC2)cc1. The molecule has 0 atom stereocenters. The van der Waals surface area contributed by atoms with Gasteiger partial charge in [-0.2, -0.15) is 0 Å². The van der Waals surface area contributed by atoms with Gasteiger partial charge >= 0.3 is 0 Å². The van der Waals surface area contributed by atoms with E-state index in [1.54, 1.807) is 7.11 Å². The molecular weight excluding hydrogens is 424 g/mol. The van der Waals surface area contributed by atoms with E-state index in [4.69, 9.17) is 14.7 Å². The van der Waals surface area contributed by atoms with Crippen molar-refractivity contribution in [3.05, 3.63) is 71.5 Å². The van der Waals surface area contributed by atoms with Crippen molar-refractivity contribution in [3.8, 4) is 5.75 Å². The second-order valence-electron chi connectivity index (χ2n) is 9.34. The Bertz CT molecular complexity index is 1090. The van der Waals surface area contributed by atoms with Gasteiger partial charge in [0, 0.05) is 89.5 Å². The molecule has 0 unspecified atom stereocenters. The van der Waals surface area contributed by atoms with Crippen LogP contribution in [0, 0.1) is 0 Å². The Morgan fingerprint density at radius 3 is 2.26 bits per heavy atom. The number of piperazine rings is 1. The zero-order valence-corrected chi connectivity index (χ0v) is 20.4. The van der Waals surface area contributed by atoms with Gasteiger partial charge in [-0.1, -0.05) is 12.1 Å². The minimum atomic E-state index is 0.876. The van der Waals surface area contributed by atoms with E-state index >= 15 is 0 Å². The van der Waals surface area contributed by atoms with E-state index in [0.717, 1.165) is 63.9 Å². The fraction of sp³-hybridized carbons (Fsp3) is 0.407. The van der Waals surface area contributed by atoms with Crippen molar-refractivity contribution in [2.75, 3.05) is 68.6 Å². The van der Waals surface area contributed by atoms with Crippen LogP contribution in [0.3, 0.4) is 0 Å². The van der Waals surface area contributed by atoms with E-state index in [1.165, 1.54) is 28.2 Å². The summed E-state index contributed by atoms with van der Waals surface area (Å²) >= 11 is 0. The Labute approximate surface area is 202 Å². The predicted octanol–water partition coefficient (Wildman–Crippen LogP) is 3.44. The lowest BCUT2D eigenvalue weighted by Crippen LogP contribution is -2.47. The number of ether oxygens (including phenoxy) is 1. The van der Waals surface area contributed by atoms with Crippen molar-refractivity contribution >= 4 is 17.3 Å². The topological polar surface area (TPSA) is 48.0 Å². The highest BCUT2D eigenvalue weighted by atomic mass is 16.5. The standard InChI is InChI=1S/C27H34N6O/c1-30(2)23-6-4-21(5-7-23)19-31-13-12-26-22(20-31)18-28-27(29-26)33-16-14-32(15-17-33)24-8-10-25(34-3)11-9-24/h4-11,18H,12-17,19-20H2,1-3H3. The van der Waals surface area contributed by atoms with Crippen LogP contribution in [0.4, 0.5) is 17.3 Å². The summed E-state index contributed by atoms with van der Waals surface area (Å²) < 4.78 is 5.28. The van der Waals surface area contributed by atoms with Crippen LogP contribution in [0.25, 0.3) is 0 Å². The number of hydrogen-bond donors (Lipinski definition) is 0. The lowest BCUT2D eigenvalue weighted by atomic mass is 10.1. The highest BCUT2D eigenvalue weighted by molar-refractivity contribution is 5.51. The van der Waals surface area contributed by atoms with Crippen LogP contribution < -0.4 is 19.4 Å². The highest BCUT2D eigenvalue weighted by Gasteiger charge is 2.23. The van der Waals surface area contributed by atoms with Crippen molar-refractivity contribution in [1.29, 1.82) is 0 Å². The van der Waals surface area contributed by atoms with Gasteiger partial charge < -0.3 is 19.4 Å². The maximum atomic E-state index is 5.28. The number of rotatable bonds is 6. The summed E-state index contributed by atoms with van der Waals surface area (Å²) in [6, 6.07) is 17.2. The third kappa shape index (κ3) is 4.94. The first-order valence-corrected chi connectivity index (χ1v) is 12.1. The smallest absolute Gasteiger partial charge is 0.225 e. The Balaban J connectivity index is 1.17. The molecule has 0 bridgehead atoms. The van der Waals surface area contributed by atoms with Gasteiger partial charge in [-0.05, 0) is 42.0 Å². The molecule has 2 aromatic carbocycles. The molecule has 7 nitrogen and oxygen atoms in total. The number of methoxy groups -OCH3 is 1. The van der Waals surface area contributed by atoms with E-state index in [0.29, 0.717) is 0 Å². The summed E-state index contributed by atoms with van der Waals surface area (Å²) in [4.78, 5) is 19.1. The molecule has 2 aliphatic heterocycles. The molecule has 5 rings (SSSR count). The fourth-order valence-electron chi connectivity index (χ4n) is 4.77. The fourth-order valence-corrected chi connectivity index (χ4v) is 4.77. The van der Waals surface area contributed by atoms with Gasteiger partial charge in [0.1, 0.15) is 5.75 Å². The molecule has 0 aliphatic carbocycles. The van der Waals surface area contributed by atoms with E-state index in [1.807, 2.05) is 12.1 Å². The zero-order chi connectivity index (χ0) is 23.5. The predicted molar refractivity (Wildman–Crippen MR) is 138 cm³/mol. The molecule has 0 N–H and O–H groups in total. The normalized spacial score (nSPS) is 16.3. The molecule has 1 saturated heterocycles. The molecule has 0 saturated carbocycles. The molecule has 3 aromatic rings. The lowest BCUT2D eigenvalue weighted by Gasteiger charge is -2.36. The third-order valence-corrected chi connectivity index (χ3v) is 6.86. The number of hydrogen-bond acceptors (Lipinski definition) is 7. The highest BCUT2D eigenvalue weighted by Crippen LogP contribution is 2.24. The van der Waals surface area contributed by atoms with Crippen LogP contribution >= 0.6 is 0 Å². The summed E-state index contributed by atoms with van der Waals surface area (Å²) in [5.41, 5.74) is 6.29. The van der Waals surface area contributed by atoms with Crippen molar-refractivity contribution < 1.29 is 4.74 Å². The van der Waals surface area contributed by atoms with Gasteiger partial charge in [0.2, 0.25) is 5.95 Å². The Kier molecular flexibility index (Phi) is 6.54. The molecule has 34 heavy (non-hydrogen) atoms. The lowest BCUT2D eigenvalue weighted by molar-refractivity contribution is 0.243. The van der Waals surface area contributed by atoms with Gasteiger partial charge in [0.15, 0.2) is 0 Å². The van der Waals surface area contributed by atoms with Crippen molar-refractivity contribution in [3.63, 3.8) is 0 Å². The molecule has 0 radical (unpaired) electrons. The Hall–Kier alpha value is -3.32. The van der Waals surface area contributed by atoms with Crippen LogP contribution in [0.5, 0.6) is 5.75 Å². The maximum absolute atomic E-state index is 5.28. The van der Waals surface area contributed by atoms with Crippen molar-refractivity contribution in [2.24, 2.45) is 0 Å². The minimum absolute atomic E-state index is 0.876. The monoisotopic (exact) mass is 458 g/mol. The van der Waals surface area contributed by atoms with E-state index in [-0.39, 0.29) is 0 Å². The number of benzene rings is 2. The molecule has 3 heterocycles. The number of anilines is 3. The first kappa shape index (κ1) is 22.5. The molecule has 1 aromatic heterocycles. The summed E-state index contributed by atoms with van der Waals surface area (Å²) in [7, 11) is 5.85. The zero-order valence-electron chi connectivity index (χ0n) is 20.4. The van der Waals surface area contributed by atoms with E-state index in [9.17, 15) is 0 Å². The molecule has 0 amide bonds. The van der Waals surface area contributed by atoms with Gasteiger partial charge in [0.25, 0.3) is 0 Å². The minimum Gasteiger partial charge on any atom is -0.497 e. The van der Waals surface area contributed by atoms with Crippen LogP contribution in [0.1, 0.15) is 16.8 Å². The number of fused-ring (bicyclic) bond motifs is 1. The van der Waals surface area contributed by atoms with Gasteiger partial charge in [-0.25, -0.2) is 9.97 Å². The van der Waals surface area contributed by atoms with Crippen LogP contribution in [-0.4, -0.2) is 68.8 Å². The summed E-state index contributed by atoms with van der Waals surface area (Å²) in [5.74, 6) is 1.77. The average molecular weight is 459 g/mol. The van der Waals surface area contributed by atoms with Crippen LogP contribution in [0.15, 0.2) is 54.7 Å². The molecule has 7 heteroatoms. The first-order valence-electron chi connectivity index (χ1n) is 12.1. The first-order chi connectivity index (χ1) is 16.6. The van der Waals surface area contributed by atoms with E-state index < -0.39 is 0 Å². The summed E-state index contributed by atoms with van der Waals surface area (Å²) in [6.07, 6.45) is 3.03. The third-order valence-electron chi connectivity index (χ3n) is 6.86. The largest absolute Gasteiger partial charge is 0.497 e. The van der Waals surface area contributed by atoms with Gasteiger partial charge in [-0.3, -0.25) is 4.90 Å². The molecule has 0 spiro atoms.